The molecule has 0 atom stereocenters. The van der Waals surface area contributed by atoms with Gasteiger partial charge in [0, 0.05) is 23.9 Å². The third kappa shape index (κ3) is 2.07. The summed E-state index contributed by atoms with van der Waals surface area (Å²) in [6.07, 6.45) is 3.29. The first-order chi connectivity index (χ1) is 9.37. The molecule has 1 aliphatic carbocycles. The van der Waals surface area contributed by atoms with Crippen molar-refractivity contribution in [2.24, 2.45) is 5.41 Å². The number of benzene rings is 1. The second-order valence-corrected chi connectivity index (χ2v) is 6.42. The number of aryl methyl sites for hydroxylation is 1. The molecule has 0 amide bonds. The number of rotatable bonds is 1. The van der Waals surface area contributed by atoms with Crippen LogP contribution in [-0.4, -0.2) is 10.4 Å². The molecule has 0 saturated heterocycles. The number of fused-ring (bicyclic) bond motifs is 1. The Balaban J connectivity index is 2.18. The van der Waals surface area contributed by atoms with Gasteiger partial charge >= 0.3 is 0 Å². The van der Waals surface area contributed by atoms with E-state index < -0.39 is 0 Å². The van der Waals surface area contributed by atoms with Gasteiger partial charge in [-0.3, -0.25) is 4.79 Å². The molecule has 1 aromatic carbocycles. The Bertz CT molecular complexity index is 697. The van der Waals surface area contributed by atoms with Gasteiger partial charge in [-0.1, -0.05) is 19.9 Å². The Kier molecular flexibility index (Phi) is 2.82. The van der Waals surface area contributed by atoms with Crippen molar-refractivity contribution in [3.63, 3.8) is 0 Å². The summed E-state index contributed by atoms with van der Waals surface area (Å²) in [7, 11) is 0. The molecule has 104 valence electrons. The second kappa shape index (κ2) is 4.30. The van der Waals surface area contributed by atoms with E-state index in [1.165, 1.54) is 12.1 Å². The number of carbonyl (C=O) groups excluding carboxylic acids is 1. The van der Waals surface area contributed by atoms with Crippen molar-refractivity contribution in [2.75, 3.05) is 0 Å². The number of hydrogen-bond donors (Lipinski definition) is 0. The van der Waals surface area contributed by atoms with Crippen LogP contribution in [0.2, 0.25) is 0 Å². The zero-order valence-electron chi connectivity index (χ0n) is 12.0. The van der Waals surface area contributed by atoms with E-state index >= 15 is 0 Å². The first-order valence-electron chi connectivity index (χ1n) is 6.87. The van der Waals surface area contributed by atoms with Crippen LogP contribution in [0.25, 0.3) is 5.69 Å². The summed E-state index contributed by atoms with van der Waals surface area (Å²) in [5.41, 5.74) is 3.56. The van der Waals surface area contributed by atoms with E-state index in [0.29, 0.717) is 6.42 Å². The molecule has 0 radical (unpaired) electrons. The van der Waals surface area contributed by atoms with Crippen molar-refractivity contribution in [1.29, 1.82) is 0 Å². The average Bonchev–Trinajstić information content (AvgIpc) is 2.74. The number of halogens is 1. The van der Waals surface area contributed by atoms with E-state index in [4.69, 9.17) is 0 Å². The number of aromatic nitrogens is 1. The molecule has 0 saturated carbocycles. The Hall–Kier alpha value is -1.90. The maximum Gasteiger partial charge on any atom is 0.165 e. The summed E-state index contributed by atoms with van der Waals surface area (Å²) >= 11 is 0. The van der Waals surface area contributed by atoms with Gasteiger partial charge in [0.05, 0.1) is 5.69 Å². The zero-order chi connectivity index (χ0) is 14.5. The topological polar surface area (TPSA) is 22.0 Å². The first-order valence-corrected chi connectivity index (χ1v) is 6.87. The van der Waals surface area contributed by atoms with Gasteiger partial charge in [0.15, 0.2) is 5.78 Å². The maximum atomic E-state index is 13.5. The molecular weight excluding hydrogens is 253 g/mol. The van der Waals surface area contributed by atoms with Crippen LogP contribution in [0.4, 0.5) is 4.39 Å². The first kappa shape index (κ1) is 13.1. The van der Waals surface area contributed by atoms with Gasteiger partial charge in [-0.25, -0.2) is 4.39 Å². The SMILES string of the molecule is Cc1ccc(F)cc1-n1ccc2c1CC(C)(C)CC2=O. The molecule has 1 heterocycles. The monoisotopic (exact) mass is 271 g/mol. The van der Waals surface area contributed by atoms with Crippen molar-refractivity contribution in [3.05, 3.63) is 53.1 Å². The predicted octanol–water partition coefficient (Wildman–Crippen LogP) is 4.08. The third-order valence-corrected chi connectivity index (χ3v) is 4.01. The third-order valence-electron chi connectivity index (χ3n) is 4.01. The summed E-state index contributed by atoms with van der Waals surface area (Å²) in [5.74, 6) is -0.0708. The number of carbonyl (C=O) groups is 1. The molecule has 3 heteroatoms. The summed E-state index contributed by atoms with van der Waals surface area (Å²) in [6.45, 7) is 6.16. The highest BCUT2D eigenvalue weighted by molar-refractivity contribution is 5.99. The van der Waals surface area contributed by atoms with Crippen LogP contribution in [0.5, 0.6) is 0 Å². The van der Waals surface area contributed by atoms with Crippen molar-refractivity contribution in [1.82, 2.24) is 4.57 Å². The Labute approximate surface area is 118 Å². The van der Waals surface area contributed by atoms with Crippen LogP contribution in [0.15, 0.2) is 30.5 Å². The molecule has 0 N–H and O–H groups in total. The molecule has 0 aliphatic heterocycles. The normalized spacial score (nSPS) is 17.1. The summed E-state index contributed by atoms with van der Waals surface area (Å²) < 4.78 is 15.5. The van der Waals surface area contributed by atoms with Gasteiger partial charge in [0.1, 0.15) is 5.82 Å². The molecular formula is C17H18FNO. The minimum absolute atomic E-state index is 0.0403. The molecule has 2 aromatic rings. The van der Waals surface area contributed by atoms with E-state index in [2.05, 4.69) is 13.8 Å². The van der Waals surface area contributed by atoms with Crippen LogP contribution in [0.3, 0.4) is 0 Å². The van der Waals surface area contributed by atoms with Gasteiger partial charge in [-0.05, 0) is 42.5 Å². The van der Waals surface area contributed by atoms with Gasteiger partial charge < -0.3 is 4.57 Å². The summed E-state index contributed by atoms with van der Waals surface area (Å²) in [5, 5.41) is 0. The fraction of sp³-hybridized carbons (Fsp3) is 0.353. The van der Waals surface area contributed by atoms with Gasteiger partial charge in [0.2, 0.25) is 0 Å². The van der Waals surface area contributed by atoms with Crippen molar-refractivity contribution in [2.45, 2.75) is 33.6 Å². The van der Waals surface area contributed by atoms with Crippen molar-refractivity contribution in [3.8, 4) is 5.69 Å². The zero-order valence-corrected chi connectivity index (χ0v) is 12.0. The van der Waals surface area contributed by atoms with E-state index in [-0.39, 0.29) is 17.0 Å². The van der Waals surface area contributed by atoms with Crippen LogP contribution in [0.1, 0.15) is 41.9 Å². The molecule has 20 heavy (non-hydrogen) atoms. The molecule has 1 aromatic heterocycles. The lowest BCUT2D eigenvalue weighted by atomic mass is 9.76. The van der Waals surface area contributed by atoms with Crippen LogP contribution in [0, 0.1) is 18.2 Å². The lowest BCUT2D eigenvalue weighted by Crippen LogP contribution is -2.27. The largest absolute Gasteiger partial charge is 0.320 e. The highest BCUT2D eigenvalue weighted by Crippen LogP contribution is 2.36. The highest BCUT2D eigenvalue weighted by Gasteiger charge is 2.33. The van der Waals surface area contributed by atoms with E-state index in [1.807, 2.05) is 23.8 Å². The Morgan fingerprint density at radius 3 is 2.70 bits per heavy atom. The average molecular weight is 271 g/mol. The van der Waals surface area contributed by atoms with Crippen LogP contribution >= 0.6 is 0 Å². The van der Waals surface area contributed by atoms with E-state index in [1.54, 1.807) is 6.07 Å². The van der Waals surface area contributed by atoms with Crippen LogP contribution < -0.4 is 0 Å². The smallest absolute Gasteiger partial charge is 0.165 e. The summed E-state index contributed by atoms with van der Waals surface area (Å²) in [4.78, 5) is 12.2. The molecule has 0 bridgehead atoms. The van der Waals surface area contributed by atoms with Crippen molar-refractivity contribution >= 4 is 5.78 Å². The lowest BCUT2D eigenvalue weighted by Gasteiger charge is -2.30. The van der Waals surface area contributed by atoms with E-state index in [0.717, 1.165) is 28.9 Å². The number of hydrogen-bond acceptors (Lipinski definition) is 1. The van der Waals surface area contributed by atoms with Crippen molar-refractivity contribution < 1.29 is 9.18 Å². The molecule has 0 unspecified atom stereocenters. The molecule has 1 aliphatic rings. The van der Waals surface area contributed by atoms with E-state index in [9.17, 15) is 9.18 Å². The number of Topliss-reactive ketones (excluding diaryl/α,β-unsaturated/α-hetero) is 1. The Morgan fingerprint density at radius 1 is 1.20 bits per heavy atom. The Morgan fingerprint density at radius 2 is 1.95 bits per heavy atom. The molecule has 3 rings (SSSR count). The second-order valence-electron chi connectivity index (χ2n) is 6.42. The highest BCUT2D eigenvalue weighted by atomic mass is 19.1. The van der Waals surface area contributed by atoms with Crippen LogP contribution in [-0.2, 0) is 6.42 Å². The summed E-state index contributed by atoms with van der Waals surface area (Å²) in [6, 6.07) is 6.62. The fourth-order valence-corrected chi connectivity index (χ4v) is 3.01. The lowest BCUT2D eigenvalue weighted by molar-refractivity contribution is 0.0911. The molecule has 0 spiro atoms. The van der Waals surface area contributed by atoms with Gasteiger partial charge in [0.25, 0.3) is 0 Å². The predicted molar refractivity (Wildman–Crippen MR) is 76.9 cm³/mol. The quantitative estimate of drug-likeness (QED) is 0.766. The minimum atomic E-state index is -0.255. The fourth-order valence-electron chi connectivity index (χ4n) is 3.01. The molecule has 2 nitrogen and oxygen atoms in total. The minimum Gasteiger partial charge on any atom is -0.320 e. The maximum absolute atomic E-state index is 13.5. The molecule has 0 fully saturated rings. The van der Waals surface area contributed by atoms with Gasteiger partial charge in [-0.15, -0.1) is 0 Å². The standard InChI is InChI=1S/C17H18FNO/c1-11-4-5-12(18)8-14(11)19-7-6-13-15(19)9-17(2,3)10-16(13)20/h4-8H,9-10H2,1-3H3. The van der Waals surface area contributed by atoms with Gasteiger partial charge in [-0.2, -0.15) is 0 Å². The number of nitrogens with zero attached hydrogens (tertiary/aromatic N) is 1. The number of ketones is 1.